The number of hydrogen-bond donors (Lipinski definition) is 0. The number of nitrogens with zero attached hydrogens (tertiary/aromatic N) is 3. The zero-order valence-electron chi connectivity index (χ0n) is 18.6. The Balaban J connectivity index is 1.67. The topological polar surface area (TPSA) is 65.7 Å². The molecule has 0 spiro atoms. The average molecular weight is 448 g/mol. The van der Waals surface area contributed by atoms with Crippen molar-refractivity contribution in [3.05, 3.63) is 81.1 Å². The minimum atomic E-state index is -0.194. The summed E-state index contributed by atoms with van der Waals surface area (Å²) in [6, 6.07) is 13.7. The second-order valence-corrected chi connectivity index (χ2v) is 9.39. The Morgan fingerprint density at radius 1 is 1.12 bits per heavy atom. The molecule has 6 nitrogen and oxygen atoms in total. The Labute approximate surface area is 190 Å². The summed E-state index contributed by atoms with van der Waals surface area (Å²) < 4.78 is 12.9. The van der Waals surface area contributed by atoms with Gasteiger partial charge in [0.25, 0.3) is 5.56 Å². The van der Waals surface area contributed by atoms with Crippen LogP contribution >= 0.6 is 11.3 Å². The van der Waals surface area contributed by atoms with Crippen molar-refractivity contribution in [1.82, 2.24) is 14.6 Å². The molecule has 0 aliphatic rings. The molecule has 0 aliphatic heterocycles. The van der Waals surface area contributed by atoms with Gasteiger partial charge in [0, 0.05) is 5.56 Å². The van der Waals surface area contributed by atoms with E-state index in [-0.39, 0.29) is 11.0 Å². The Morgan fingerprint density at radius 2 is 1.88 bits per heavy atom. The van der Waals surface area contributed by atoms with Crippen LogP contribution in [0.3, 0.4) is 0 Å². The summed E-state index contributed by atoms with van der Waals surface area (Å²) in [5.41, 5.74) is 2.83. The Hall–Kier alpha value is -3.45. The molecule has 0 amide bonds. The lowest BCUT2D eigenvalue weighted by atomic mass is 9.87. The van der Waals surface area contributed by atoms with Crippen LogP contribution < -0.4 is 19.6 Å². The van der Waals surface area contributed by atoms with E-state index in [9.17, 15) is 4.79 Å². The molecular weight excluding hydrogens is 422 g/mol. The first-order valence-corrected chi connectivity index (χ1v) is 11.1. The van der Waals surface area contributed by atoms with Crippen molar-refractivity contribution in [2.24, 2.45) is 0 Å². The van der Waals surface area contributed by atoms with Gasteiger partial charge in [0.15, 0.2) is 17.3 Å². The van der Waals surface area contributed by atoms with Crippen LogP contribution in [0.5, 0.6) is 11.5 Å². The minimum Gasteiger partial charge on any atom is -0.493 e. The molecular formula is C25H25N3O3S. The van der Waals surface area contributed by atoms with Crippen LogP contribution in [-0.4, -0.2) is 28.3 Å². The highest BCUT2D eigenvalue weighted by Gasteiger charge is 2.16. The Bertz CT molecular complexity index is 1380. The summed E-state index contributed by atoms with van der Waals surface area (Å²) in [7, 11) is 1.58. The summed E-state index contributed by atoms with van der Waals surface area (Å²) >= 11 is 1.31. The predicted octanol–water partition coefficient (Wildman–Crippen LogP) is 4.24. The van der Waals surface area contributed by atoms with E-state index in [1.807, 2.05) is 30.3 Å². The van der Waals surface area contributed by atoms with Crippen molar-refractivity contribution in [3.63, 3.8) is 0 Å². The van der Waals surface area contributed by atoms with Crippen molar-refractivity contribution in [3.8, 4) is 22.9 Å². The van der Waals surface area contributed by atoms with E-state index in [0.717, 1.165) is 11.1 Å². The zero-order chi connectivity index (χ0) is 22.9. The molecule has 0 atom stereocenters. The van der Waals surface area contributed by atoms with Crippen LogP contribution in [0.25, 0.3) is 22.4 Å². The first-order chi connectivity index (χ1) is 15.3. The number of fused-ring (bicyclic) bond motifs is 1. The van der Waals surface area contributed by atoms with Gasteiger partial charge < -0.3 is 9.47 Å². The molecule has 164 valence electrons. The molecule has 2 heterocycles. The SMILES string of the molecule is C=CCOc1ccc(C=c2sc3nc(-c4ccc(C(C)(C)C)cc4)nn3c2=O)cc1OC. The molecule has 0 unspecified atom stereocenters. The summed E-state index contributed by atoms with van der Waals surface area (Å²) in [6.07, 6.45) is 3.48. The summed E-state index contributed by atoms with van der Waals surface area (Å²) in [6.45, 7) is 10.6. The molecule has 2 aromatic heterocycles. The molecule has 0 saturated carbocycles. The van der Waals surface area contributed by atoms with E-state index in [4.69, 9.17) is 9.47 Å². The number of thiazole rings is 1. The molecule has 0 fully saturated rings. The number of hydrogen-bond acceptors (Lipinski definition) is 6. The number of rotatable bonds is 6. The van der Waals surface area contributed by atoms with E-state index < -0.39 is 0 Å². The number of benzene rings is 2. The zero-order valence-corrected chi connectivity index (χ0v) is 19.4. The first-order valence-electron chi connectivity index (χ1n) is 10.2. The smallest absolute Gasteiger partial charge is 0.291 e. The average Bonchev–Trinajstić information content (AvgIpc) is 3.31. The third kappa shape index (κ3) is 4.29. The molecule has 0 bridgehead atoms. The fourth-order valence-electron chi connectivity index (χ4n) is 3.27. The summed E-state index contributed by atoms with van der Waals surface area (Å²) in [5.74, 6) is 1.76. The van der Waals surface area contributed by atoms with Gasteiger partial charge in [-0.25, -0.2) is 0 Å². The molecule has 0 saturated heterocycles. The summed E-state index contributed by atoms with van der Waals surface area (Å²) in [5, 5.41) is 4.45. The van der Waals surface area contributed by atoms with Crippen molar-refractivity contribution in [1.29, 1.82) is 0 Å². The van der Waals surface area contributed by atoms with Crippen LogP contribution in [0.1, 0.15) is 31.9 Å². The molecule has 7 heteroatoms. The van der Waals surface area contributed by atoms with Crippen LogP contribution in [0, 0.1) is 0 Å². The summed E-state index contributed by atoms with van der Waals surface area (Å²) in [4.78, 5) is 18.0. The van der Waals surface area contributed by atoms with E-state index >= 15 is 0 Å². The highest BCUT2D eigenvalue weighted by Crippen LogP contribution is 2.28. The maximum Gasteiger partial charge on any atom is 0.291 e. The Morgan fingerprint density at radius 3 is 2.50 bits per heavy atom. The van der Waals surface area contributed by atoms with E-state index in [1.54, 1.807) is 19.3 Å². The van der Waals surface area contributed by atoms with Crippen LogP contribution in [-0.2, 0) is 5.41 Å². The standard InChI is InChI=1S/C25H25N3O3S/c1-6-13-31-19-12-7-16(14-20(19)30-5)15-21-23(29)28-24(32-21)26-22(27-28)17-8-10-18(11-9-17)25(2,3)4/h6-12,14-15H,1,13H2,2-5H3. The fourth-order valence-corrected chi connectivity index (χ4v) is 4.18. The van der Waals surface area contributed by atoms with Crippen molar-refractivity contribution < 1.29 is 9.47 Å². The number of aromatic nitrogens is 3. The van der Waals surface area contributed by atoms with Gasteiger partial charge in [-0.15, -0.1) is 5.10 Å². The van der Waals surface area contributed by atoms with E-state index in [0.29, 0.717) is 33.4 Å². The molecule has 2 aromatic carbocycles. The van der Waals surface area contributed by atoms with Crippen LogP contribution in [0.2, 0.25) is 0 Å². The van der Waals surface area contributed by atoms with Gasteiger partial charge in [-0.2, -0.15) is 9.50 Å². The number of methoxy groups -OCH3 is 1. The molecule has 0 N–H and O–H groups in total. The first kappa shape index (κ1) is 21.8. The van der Waals surface area contributed by atoms with Gasteiger partial charge in [-0.1, -0.05) is 75.1 Å². The lowest BCUT2D eigenvalue weighted by molar-refractivity contribution is 0.326. The van der Waals surface area contributed by atoms with Crippen molar-refractivity contribution in [2.45, 2.75) is 26.2 Å². The van der Waals surface area contributed by atoms with Gasteiger partial charge in [0.2, 0.25) is 4.96 Å². The largest absolute Gasteiger partial charge is 0.493 e. The van der Waals surface area contributed by atoms with E-state index in [2.05, 4.69) is 49.6 Å². The normalized spacial score (nSPS) is 12.3. The third-order valence-corrected chi connectivity index (χ3v) is 5.99. The van der Waals surface area contributed by atoms with Gasteiger partial charge in [0.05, 0.1) is 11.6 Å². The van der Waals surface area contributed by atoms with Crippen LogP contribution in [0.4, 0.5) is 0 Å². The van der Waals surface area contributed by atoms with Gasteiger partial charge in [-0.05, 0) is 34.8 Å². The minimum absolute atomic E-state index is 0.0755. The molecule has 0 aliphatic carbocycles. The highest BCUT2D eigenvalue weighted by atomic mass is 32.1. The molecule has 4 aromatic rings. The molecule has 4 rings (SSSR count). The lowest BCUT2D eigenvalue weighted by Crippen LogP contribution is -2.23. The van der Waals surface area contributed by atoms with Crippen molar-refractivity contribution >= 4 is 22.4 Å². The van der Waals surface area contributed by atoms with Gasteiger partial charge in [-0.3, -0.25) is 4.79 Å². The monoisotopic (exact) mass is 447 g/mol. The second kappa shape index (κ2) is 8.59. The fraction of sp³-hybridized carbons (Fsp3) is 0.240. The molecule has 0 radical (unpaired) electrons. The highest BCUT2D eigenvalue weighted by molar-refractivity contribution is 7.15. The Kier molecular flexibility index (Phi) is 5.84. The van der Waals surface area contributed by atoms with Crippen LogP contribution in [0.15, 0.2) is 59.9 Å². The van der Waals surface area contributed by atoms with Crippen molar-refractivity contribution in [2.75, 3.05) is 13.7 Å². The van der Waals surface area contributed by atoms with Gasteiger partial charge in [0.1, 0.15) is 6.61 Å². The molecule has 32 heavy (non-hydrogen) atoms. The number of ether oxygens (including phenoxy) is 2. The maximum absolute atomic E-state index is 12.9. The second-order valence-electron chi connectivity index (χ2n) is 8.38. The maximum atomic E-state index is 12.9. The lowest BCUT2D eigenvalue weighted by Gasteiger charge is -2.18. The predicted molar refractivity (Wildman–Crippen MR) is 129 cm³/mol. The van der Waals surface area contributed by atoms with E-state index in [1.165, 1.54) is 21.4 Å². The van der Waals surface area contributed by atoms with Gasteiger partial charge >= 0.3 is 0 Å². The quantitative estimate of drug-likeness (QED) is 0.414. The third-order valence-electron chi connectivity index (χ3n) is 5.03.